The number of hydrogen-bond acceptors (Lipinski definition) is 4. The molecule has 1 aliphatic heterocycles. The van der Waals surface area contributed by atoms with Gasteiger partial charge in [-0.25, -0.2) is 9.59 Å². The second-order valence-corrected chi connectivity index (χ2v) is 5.85. The van der Waals surface area contributed by atoms with Gasteiger partial charge in [0.05, 0.1) is 7.11 Å². The fraction of sp³-hybridized carbons (Fsp3) is 0.692. The van der Waals surface area contributed by atoms with E-state index in [1.807, 2.05) is 27.7 Å². The molecule has 5 heteroatoms. The number of ether oxygens (including phenoxy) is 2. The average Bonchev–Trinajstić information content (AvgIpc) is 2.19. The number of amides is 1. The quantitative estimate of drug-likeness (QED) is 0.559. The van der Waals surface area contributed by atoms with Crippen LogP contribution < -0.4 is 0 Å². The summed E-state index contributed by atoms with van der Waals surface area (Å²) in [6.07, 6.45) is 2.86. The molecule has 1 amide bonds. The van der Waals surface area contributed by atoms with Gasteiger partial charge in [-0.1, -0.05) is 13.0 Å². The lowest BCUT2D eigenvalue weighted by atomic mass is 9.82. The maximum Gasteiger partial charge on any atom is 0.410 e. The minimum Gasteiger partial charge on any atom is -0.466 e. The van der Waals surface area contributed by atoms with E-state index in [9.17, 15) is 9.59 Å². The van der Waals surface area contributed by atoms with E-state index in [1.54, 1.807) is 11.0 Å². The normalized spacial score (nSPS) is 18.4. The van der Waals surface area contributed by atoms with E-state index in [2.05, 4.69) is 4.74 Å². The Morgan fingerprint density at radius 2 is 1.83 bits per heavy atom. The first-order chi connectivity index (χ1) is 8.15. The van der Waals surface area contributed by atoms with Crippen LogP contribution in [0.5, 0.6) is 0 Å². The van der Waals surface area contributed by atoms with Crippen LogP contribution in [0.1, 0.15) is 27.7 Å². The van der Waals surface area contributed by atoms with Gasteiger partial charge in [0.1, 0.15) is 5.60 Å². The van der Waals surface area contributed by atoms with E-state index in [1.165, 1.54) is 13.2 Å². The average molecular weight is 255 g/mol. The summed E-state index contributed by atoms with van der Waals surface area (Å²) in [6, 6.07) is 0. The van der Waals surface area contributed by atoms with Crippen molar-refractivity contribution in [3.8, 4) is 0 Å². The number of carbonyl (C=O) groups excluding carboxylic acids is 2. The van der Waals surface area contributed by atoms with Gasteiger partial charge in [0, 0.05) is 24.6 Å². The Labute approximate surface area is 108 Å². The largest absolute Gasteiger partial charge is 0.466 e. The Balaban J connectivity index is 2.45. The summed E-state index contributed by atoms with van der Waals surface area (Å²) in [5.41, 5.74) is -0.657. The zero-order valence-electron chi connectivity index (χ0n) is 11.6. The van der Waals surface area contributed by atoms with Gasteiger partial charge in [-0.05, 0) is 20.8 Å². The number of methoxy groups -OCH3 is 1. The molecule has 1 heterocycles. The highest BCUT2D eigenvalue weighted by Gasteiger charge is 2.41. The molecule has 18 heavy (non-hydrogen) atoms. The molecule has 102 valence electrons. The van der Waals surface area contributed by atoms with E-state index in [0.29, 0.717) is 13.1 Å². The van der Waals surface area contributed by atoms with E-state index in [4.69, 9.17) is 4.74 Å². The zero-order chi connectivity index (χ0) is 14.0. The summed E-state index contributed by atoms with van der Waals surface area (Å²) in [5, 5.41) is 0. The van der Waals surface area contributed by atoms with Gasteiger partial charge in [-0.15, -0.1) is 0 Å². The molecule has 1 rings (SSSR count). The van der Waals surface area contributed by atoms with Crippen molar-refractivity contribution in [3.05, 3.63) is 12.2 Å². The van der Waals surface area contributed by atoms with Crippen LogP contribution in [0.3, 0.4) is 0 Å². The van der Waals surface area contributed by atoms with Crippen molar-refractivity contribution in [2.24, 2.45) is 5.41 Å². The van der Waals surface area contributed by atoms with Crippen molar-refractivity contribution in [1.29, 1.82) is 0 Å². The Hall–Kier alpha value is -1.52. The van der Waals surface area contributed by atoms with Crippen LogP contribution in [0.2, 0.25) is 0 Å². The van der Waals surface area contributed by atoms with Gasteiger partial charge in [-0.2, -0.15) is 0 Å². The van der Waals surface area contributed by atoms with Gasteiger partial charge in [0.2, 0.25) is 0 Å². The summed E-state index contributed by atoms with van der Waals surface area (Å²) < 4.78 is 9.78. The predicted molar refractivity (Wildman–Crippen MR) is 67.1 cm³/mol. The fourth-order valence-electron chi connectivity index (χ4n) is 1.72. The Bertz CT molecular complexity index is 362. The molecule has 1 saturated heterocycles. The number of esters is 1. The first-order valence-electron chi connectivity index (χ1n) is 5.90. The molecule has 0 saturated carbocycles. The third-order valence-electron chi connectivity index (χ3n) is 2.58. The molecule has 0 aliphatic carbocycles. The van der Waals surface area contributed by atoms with E-state index in [-0.39, 0.29) is 17.5 Å². The minimum absolute atomic E-state index is 0.176. The van der Waals surface area contributed by atoms with Gasteiger partial charge >= 0.3 is 12.1 Å². The fourth-order valence-corrected chi connectivity index (χ4v) is 1.72. The number of nitrogens with zero attached hydrogens (tertiary/aromatic N) is 1. The van der Waals surface area contributed by atoms with Crippen molar-refractivity contribution >= 4 is 12.1 Å². The Kier molecular flexibility index (Phi) is 4.04. The molecule has 0 atom stereocenters. The highest BCUT2D eigenvalue weighted by Crippen LogP contribution is 2.32. The monoisotopic (exact) mass is 255 g/mol. The third kappa shape index (κ3) is 4.05. The van der Waals surface area contributed by atoms with Crippen molar-refractivity contribution in [2.75, 3.05) is 20.2 Å². The van der Waals surface area contributed by atoms with Crippen molar-refractivity contribution in [2.45, 2.75) is 33.3 Å². The smallest absolute Gasteiger partial charge is 0.410 e. The summed E-state index contributed by atoms with van der Waals surface area (Å²) in [6.45, 7) is 8.58. The number of rotatable bonds is 2. The summed E-state index contributed by atoms with van der Waals surface area (Å²) >= 11 is 0. The molecule has 0 radical (unpaired) electrons. The van der Waals surface area contributed by atoms with E-state index >= 15 is 0 Å². The Morgan fingerprint density at radius 3 is 2.28 bits per heavy atom. The highest BCUT2D eigenvalue weighted by atomic mass is 16.6. The zero-order valence-corrected chi connectivity index (χ0v) is 11.6. The lowest BCUT2D eigenvalue weighted by Crippen LogP contribution is -2.57. The predicted octanol–water partition coefficient (Wildman–Crippen LogP) is 1.97. The van der Waals surface area contributed by atoms with Crippen LogP contribution in [0, 0.1) is 5.41 Å². The van der Waals surface area contributed by atoms with E-state index < -0.39 is 5.60 Å². The maximum atomic E-state index is 11.7. The topological polar surface area (TPSA) is 55.8 Å². The molecule has 1 fully saturated rings. The second-order valence-electron chi connectivity index (χ2n) is 5.85. The van der Waals surface area contributed by atoms with Crippen molar-refractivity contribution in [1.82, 2.24) is 4.90 Å². The van der Waals surface area contributed by atoms with Crippen LogP contribution >= 0.6 is 0 Å². The SMILES string of the molecule is COC(=O)/C=C/C1(C)CN(C(=O)OC(C)(C)C)C1. The molecular formula is C13H21NO4. The van der Waals surface area contributed by atoms with Crippen LogP contribution in [0.25, 0.3) is 0 Å². The standard InChI is InChI=1S/C13H21NO4/c1-12(2,3)18-11(16)14-8-13(4,9-14)7-6-10(15)17-5/h6-7H,8-9H2,1-5H3/b7-6+. The van der Waals surface area contributed by atoms with Crippen LogP contribution in [0.4, 0.5) is 4.79 Å². The van der Waals surface area contributed by atoms with Gasteiger partial charge < -0.3 is 14.4 Å². The second kappa shape index (κ2) is 5.00. The molecule has 1 aliphatic rings. The molecule has 0 bridgehead atoms. The van der Waals surface area contributed by atoms with Crippen molar-refractivity contribution in [3.63, 3.8) is 0 Å². The Morgan fingerprint density at radius 1 is 1.28 bits per heavy atom. The van der Waals surface area contributed by atoms with Gasteiger partial charge in [0.25, 0.3) is 0 Å². The number of carbonyl (C=O) groups is 2. The molecule has 0 unspecified atom stereocenters. The van der Waals surface area contributed by atoms with Crippen molar-refractivity contribution < 1.29 is 19.1 Å². The molecule has 0 spiro atoms. The van der Waals surface area contributed by atoms with Gasteiger partial charge in [0.15, 0.2) is 0 Å². The highest BCUT2D eigenvalue weighted by molar-refractivity contribution is 5.82. The maximum absolute atomic E-state index is 11.7. The number of likely N-dealkylation sites (tertiary alicyclic amines) is 1. The molecular weight excluding hydrogens is 234 g/mol. The van der Waals surface area contributed by atoms with Crippen LogP contribution in [-0.2, 0) is 14.3 Å². The van der Waals surface area contributed by atoms with Gasteiger partial charge in [-0.3, -0.25) is 0 Å². The first kappa shape index (κ1) is 14.5. The molecule has 0 aromatic rings. The summed E-state index contributed by atoms with van der Waals surface area (Å²) in [7, 11) is 1.34. The molecule has 5 nitrogen and oxygen atoms in total. The summed E-state index contributed by atoms with van der Waals surface area (Å²) in [4.78, 5) is 24.3. The lowest BCUT2D eigenvalue weighted by Gasteiger charge is -2.46. The summed E-state index contributed by atoms with van der Waals surface area (Å²) in [5.74, 6) is -0.382. The molecule has 0 aromatic heterocycles. The van der Waals surface area contributed by atoms with E-state index in [0.717, 1.165) is 0 Å². The van der Waals surface area contributed by atoms with Crippen LogP contribution in [0.15, 0.2) is 12.2 Å². The molecule has 0 aromatic carbocycles. The first-order valence-corrected chi connectivity index (χ1v) is 5.90. The minimum atomic E-state index is -0.481. The lowest BCUT2D eigenvalue weighted by molar-refractivity contribution is -0.134. The number of hydrogen-bond donors (Lipinski definition) is 0. The third-order valence-corrected chi connectivity index (χ3v) is 2.58. The van der Waals surface area contributed by atoms with Crippen LogP contribution in [-0.4, -0.2) is 42.8 Å². The molecule has 0 N–H and O–H groups in total.